The third-order valence-electron chi connectivity index (χ3n) is 5.42. The van der Waals surface area contributed by atoms with E-state index in [9.17, 15) is 14.7 Å². The molecule has 0 radical (unpaired) electrons. The largest absolute Gasteiger partial charge is 0.460 e. The van der Waals surface area contributed by atoms with Crippen molar-refractivity contribution in [2.45, 2.75) is 44.6 Å². The zero-order valence-electron chi connectivity index (χ0n) is 18.3. The number of esters is 2. The molecule has 1 aliphatic rings. The Bertz CT molecular complexity index is 831. The number of carbonyl (C=O) groups is 2. The summed E-state index contributed by atoms with van der Waals surface area (Å²) in [6.07, 6.45) is 1.55. The predicted molar refractivity (Wildman–Crippen MR) is 121 cm³/mol. The van der Waals surface area contributed by atoms with Crippen molar-refractivity contribution in [3.63, 3.8) is 0 Å². The average Bonchev–Trinajstić information content (AvgIpc) is 2.80. The van der Waals surface area contributed by atoms with Crippen LogP contribution >= 0.6 is 0 Å². The van der Waals surface area contributed by atoms with E-state index in [1.165, 1.54) is 0 Å². The fourth-order valence-corrected chi connectivity index (χ4v) is 3.75. The van der Waals surface area contributed by atoms with Crippen molar-refractivity contribution >= 4 is 11.9 Å². The molecule has 1 heterocycles. The molecule has 2 aromatic carbocycles. The normalized spacial score (nSPS) is 19.5. The minimum atomic E-state index is -0.431. The quantitative estimate of drug-likeness (QED) is 0.579. The molecule has 0 amide bonds. The van der Waals surface area contributed by atoms with Crippen LogP contribution in [0.15, 0.2) is 60.7 Å². The first-order valence-electron chi connectivity index (χ1n) is 11.1. The van der Waals surface area contributed by atoms with E-state index in [0.717, 1.165) is 17.5 Å². The van der Waals surface area contributed by atoms with Crippen LogP contribution in [0.5, 0.6) is 0 Å². The van der Waals surface area contributed by atoms with E-state index in [1.54, 1.807) is 0 Å². The van der Waals surface area contributed by atoms with Crippen LogP contribution in [0.25, 0.3) is 0 Å². The number of carbonyl (C=O) groups excluding carboxylic acids is 2. The van der Waals surface area contributed by atoms with Gasteiger partial charge in [0.25, 0.3) is 0 Å². The molecule has 7 nitrogen and oxygen atoms in total. The van der Waals surface area contributed by atoms with Crippen LogP contribution in [0.2, 0.25) is 0 Å². The molecular formula is C25H32N2O5. The Labute approximate surface area is 189 Å². The molecule has 1 saturated heterocycles. The maximum Gasteiger partial charge on any atom is 0.320 e. The molecular weight excluding hydrogens is 408 g/mol. The number of likely N-dealkylation sites (tertiary alicyclic amines) is 1. The molecule has 1 aliphatic heterocycles. The fourth-order valence-electron chi connectivity index (χ4n) is 3.75. The van der Waals surface area contributed by atoms with Gasteiger partial charge in [0.2, 0.25) is 0 Å². The van der Waals surface area contributed by atoms with E-state index in [2.05, 4.69) is 5.32 Å². The molecule has 0 aromatic heterocycles. The molecule has 3 rings (SSSR count). The van der Waals surface area contributed by atoms with Gasteiger partial charge in [0, 0.05) is 12.6 Å². The number of hydrogen-bond acceptors (Lipinski definition) is 7. The highest BCUT2D eigenvalue weighted by Crippen LogP contribution is 2.13. The molecule has 7 heteroatoms. The Morgan fingerprint density at radius 1 is 0.938 bits per heavy atom. The van der Waals surface area contributed by atoms with Gasteiger partial charge in [0.05, 0.1) is 19.2 Å². The minimum Gasteiger partial charge on any atom is -0.460 e. The first-order valence-corrected chi connectivity index (χ1v) is 11.1. The lowest BCUT2D eigenvalue weighted by molar-refractivity contribution is -0.147. The number of hydrogen-bond donors (Lipinski definition) is 2. The third-order valence-corrected chi connectivity index (χ3v) is 5.42. The lowest BCUT2D eigenvalue weighted by Gasteiger charge is -2.31. The van der Waals surface area contributed by atoms with Crippen LogP contribution in [-0.2, 0) is 32.3 Å². The van der Waals surface area contributed by atoms with Gasteiger partial charge in [0.15, 0.2) is 0 Å². The van der Waals surface area contributed by atoms with Crippen molar-refractivity contribution in [3.05, 3.63) is 71.8 Å². The van der Waals surface area contributed by atoms with E-state index in [-0.39, 0.29) is 44.3 Å². The summed E-state index contributed by atoms with van der Waals surface area (Å²) in [4.78, 5) is 26.5. The second-order valence-corrected chi connectivity index (χ2v) is 8.14. The van der Waals surface area contributed by atoms with Gasteiger partial charge in [-0.2, -0.15) is 0 Å². The van der Waals surface area contributed by atoms with E-state index < -0.39 is 6.10 Å². The van der Waals surface area contributed by atoms with Crippen LogP contribution in [0.1, 0.15) is 30.4 Å². The van der Waals surface area contributed by atoms with Crippen molar-refractivity contribution in [3.8, 4) is 0 Å². The lowest BCUT2D eigenvalue weighted by Crippen LogP contribution is -2.48. The molecule has 2 N–H and O–H groups in total. The topological polar surface area (TPSA) is 88.1 Å². The SMILES string of the molecule is O=C(CN[C@H]1CC(O)CCCN(CC(=O)OCc2ccccc2)C1)OCc1ccccc1. The number of ether oxygens (including phenoxy) is 2. The second kappa shape index (κ2) is 13.0. The highest BCUT2D eigenvalue weighted by molar-refractivity contribution is 5.72. The maximum atomic E-state index is 12.3. The molecule has 2 aromatic rings. The van der Waals surface area contributed by atoms with Crippen molar-refractivity contribution < 1.29 is 24.2 Å². The van der Waals surface area contributed by atoms with Gasteiger partial charge in [-0.15, -0.1) is 0 Å². The van der Waals surface area contributed by atoms with Crippen molar-refractivity contribution in [2.24, 2.45) is 0 Å². The highest BCUT2D eigenvalue weighted by atomic mass is 16.5. The summed E-state index contributed by atoms with van der Waals surface area (Å²) in [6, 6.07) is 19.0. The number of benzene rings is 2. The second-order valence-electron chi connectivity index (χ2n) is 8.14. The van der Waals surface area contributed by atoms with E-state index in [1.807, 2.05) is 65.6 Å². The number of rotatable bonds is 9. The summed E-state index contributed by atoms with van der Waals surface area (Å²) in [5.74, 6) is -0.629. The smallest absolute Gasteiger partial charge is 0.320 e. The Hall–Kier alpha value is -2.74. The lowest BCUT2D eigenvalue weighted by atomic mass is 10.0. The Balaban J connectivity index is 1.44. The summed E-state index contributed by atoms with van der Waals surface area (Å²) in [6.45, 7) is 1.95. The van der Waals surface area contributed by atoms with E-state index in [0.29, 0.717) is 25.9 Å². The van der Waals surface area contributed by atoms with Crippen molar-refractivity contribution in [1.29, 1.82) is 0 Å². The highest BCUT2D eigenvalue weighted by Gasteiger charge is 2.23. The Morgan fingerprint density at radius 2 is 1.53 bits per heavy atom. The zero-order chi connectivity index (χ0) is 22.6. The summed E-state index contributed by atoms with van der Waals surface area (Å²) in [5, 5.41) is 13.4. The average molecular weight is 441 g/mol. The molecule has 32 heavy (non-hydrogen) atoms. The number of aliphatic hydroxyl groups excluding tert-OH is 1. The maximum absolute atomic E-state index is 12.3. The van der Waals surface area contributed by atoms with Gasteiger partial charge in [-0.1, -0.05) is 60.7 Å². The van der Waals surface area contributed by atoms with Crippen LogP contribution in [0, 0.1) is 0 Å². The summed E-state index contributed by atoms with van der Waals surface area (Å²) in [5.41, 5.74) is 1.88. The van der Waals surface area contributed by atoms with Crippen LogP contribution in [-0.4, -0.2) is 60.3 Å². The van der Waals surface area contributed by atoms with E-state index in [4.69, 9.17) is 9.47 Å². The van der Waals surface area contributed by atoms with Gasteiger partial charge in [-0.05, 0) is 36.9 Å². The van der Waals surface area contributed by atoms with Crippen LogP contribution in [0.3, 0.4) is 0 Å². The van der Waals surface area contributed by atoms with E-state index >= 15 is 0 Å². The van der Waals surface area contributed by atoms with Crippen molar-refractivity contribution in [1.82, 2.24) is 10.2 Å². The van der Waals surface area contributed by atoms with Gasteiger partial charge in [-0.25, -0.2) is 0 Å². The number of nitrogens with one attached hydrogen (secondary N) is 1. The molecule has 172 valence electrons. The summed E-state index contributed by atoms with van der Waals surface area (Å²) in [7, 11) is 0. The molecule has 1 unspecified atom stereocenters. The molecule has 0 spiro atoms. The molecule has 0 saturated carbocycles. The minimum absolute atomic E-state index is 0.0521. The number of aliphatic hydroxyl groups is 1. The molecule has 1 fully saturated rings. The number of nitrogens with zero attached hydrogens (tertiary/aromatic N) is 1. The first-order chi connectivity index (χ1) is 15.6. The van der Waals surface area contributed by atoms with Crippen molar-refractivity contribution in [2.75, 3.05) is 26.2 Å². The summed E-state index contributed by atoms with van der Waals surface area (Å²) < 4.78 is 10.7. The van der Waals surface area contributed by atoms with Crippen LogP contribution in [0.4, 0.5) is 0 Å². The predicted octanol–water partition coefficient (Wildman–Crippen LogP) is 2.28. The van der Waals surface area contributed by atoms with Gasteiger partial charge < -0.3 is 19.9 Å². The monoisotopic (exact) mass is 440 g/mol. The fraction of sp³-hybridized carbons (Fsp3) is 0.440. The molecule has 0 bridgehead atoms. The standard InChI is InChI=1S/C25H32N2O5/c28-23-12-7-13-27(17-25(30)32-19-21-10-5-2-6-11-21)16-22(14-23)26-15-24(29)31-18-20-8-3-1-4-9-20/h1-6,8-11,22-23,26,28H,7,12-19H2/t22-,23?/m0/s1. The van der Waals surface area contributed by atoms with Gasteiger partial charge >= 0.3 is 11.9 Å². The zero-order valence-corrected chi connectivity index (χ0v) is 18.3. The van der Waals surface area contributed by atoms with Gasteiger partial charge in [0.1, 0.15) is 13.2 Å². The first kappa shape index (κ1) is 23.9. The Kier molecular flexibility index (Phi) is 9.68. The molecule has 2 atom stereocenters. The van der Waals surface area contributed by atoms with Gasteiger partial charge in [-0.3, -0.25) is 14.5 Å². The third kappa shape index (κ3) is 8.78. The van der Waals surface area contributed by atoms with Crippen LogP contribution < -0.4 is 5.32 Å². The summed E-state index contributed by atoms with van der Waals surface area (Å²) >= 11 is 0. The Morgan fingerprint density at radius 3 is 2.16 bits per heavy atom. The molecule has 0 aliphatic carbocycles.